The molecule has 0 atom stereocenters. The highest BCUT2D eigenvalue weighted by Gasteiger charge is 2.14. The summed E-state index contributed by atoms with van der Waals surface area (Å²) in [5.74, 6) is -0.172. The summed E-state index contributed by atoms with van der Waals surface area (Å²) >= 11 is 0. The minimum absolute atomic E-state index is 0.00354. The third-order valence-electron chi connectivity index (χ3n) is 4.07. The topological polar surface area (TPSA) is 54.0 Å². The van der Waals surface area contributed by atoms with Crippen LogP contribution in [0.25, 0.3) is 0 Å². The first-order valence-corrected chi connectivity index (χ1v) is 7.96. The van der Waals surface area contributed by atoms with Gasteiger partial charge in [0.2, 0.25) is 5.91 Å². The predicted molar refractivity (Wildman–Crippen MR) is 88.8 cm³/mol. The second kappa shape index (κ2) is 7.22. The number of pyridine rings is 1. The number of rotatable bonds is 5. The van der Waals surface area contributed by atoms with Crippen LogP contribution in [0.4, 0.5) is 15.9 Å². The van der Waals surface area contributed by atoms with E-state index in [9.17, 15) is 9.18 Å². The van der Waals surface area contributed by atoms with Gasteiger partial charge < -0.3 is 10.6 Å². The quantitative estimate of drug-likeness (QED) is 0.884. The molecule has 0 unspecified atom stereocenters. The lowest BCUT2D eigenvalue weighted by Gasteiger charge is -2.13. The molecule has 1 aromatic carbocycles. The molecule has 1 heterocycles. The van der Waals surface area contributed by atoms with Crippen molar-refractivity contribution in [2.75, 3.05) is 10.6 Å². The zero-order valence-corrected chi connectivity index (χ0v) is 12.9. The fraction of sp³-hybridized carbons (Fsp3) is 0.333. The molecule has 3 rings (SSSR count). The SMILES string of the molecule is O=C(Cc1ccccc1F)Nc1ccc(NC2CCCC2)cn1. The second-order valence-electron chi connectivity index (χ2n) is 5.87. The van der Waals surface area contributed by atoms with Gasteiger partial charge >= 0.3 is 0 Å². The number of hydrogen-bond donors (Lipinski definition) is 2. The second-order valence-corrected chi connectivity index (χ2v) is 5.87. The van der Waals surface area contributed by atoms with Gasteiger partial charge in [0.1, 0.15) is 11.6 Å². The monoisotopic (exact) mass is 313 g/mol. The molecule has 23 heavy (non-hydrogen) atoms. The predicted octanol–water partition coefficient (Wildman–Crippen LogP) is 3.76. The van der Waals surface area contributed by atoms with E-state index in [-0.39, 0.29) is 18.1 Å². The molecule has 1 amide bonds. The van der Waals surface area contributed by atoms with Crippen molar-refractivity contribution in [3.8, 4) is 0 Å². The van der Waals surface area contributed by atoms with Crippen molar-refractivity contribution in [1.82, 2.24) is 4.98 Å². The molecular formula is C18H20FN3O. The summed E-state index contributed by atoms with van der Waals surface area (Å²) < 4.78 is 13.5. The molecule has 1 saturated carbocycles. The van der Waals surface area contributed by atoms with Gasteiger partial charge in [-0.05, 0) is 36.6 Å². The fourth-order valence-electron chi connectivity index (χ4n) is 2.86. The molecule has 0 spiro atoms. The van der Waals surface area contributed by atoms with Gasteiger partial charge in [-0.3, -0.25) is 4.79 Å². The molecule has 1 aromatic heterocycles. The van der Waals surface area contributed by atoms with Crippen molar-refractivity contribution < 1.29 is 9.18 Å². The summed E-state index contributed by atoms with van der Waals surface area (Å²) in [6, 6.07) is 10.5. The smallest absolute Gasteiger partial charge is 0.230 e. The maximum atomic E-state index is 13.5. The van der Waals surface area contributed by atoms with Gasteiger partial charge in [-0.2, -0.15) is 0 Å². The van der Waals surface area contributed by atoms with E-state index >= 15 is 0 Å². The fourth-order valence-corrected chi connectivity index (χ4v) is 2.86. The lowest BCUT2D eigenvalue weighted by Crippen LogP contribution is -2.17. The molecular weight excluding hydrogens is 293 g/mol. The summed E-state index contributed by atoms with van der Waals surface area (Å²) in [7, 11) is 0. The molecule has 2 N–H and O–H groups in total. The maximum absolute atomic E-state index is 13.5. The van der Waals surface area contributed by atoms with Crippen molar-refractivity contribution >= 4 is 17.4 Å². The number of nitrogens with zero attached hydrogens (tertiary/aromatic N) is 1. The normalized spacial score (nSPS) is 14.7. The van der Waals surface area contributed by atoms with Gasteiger partial charge in [0.15, 0.2) is 0 Å². The average molecular weight is 313 g/mol. The number of anilines is 2. The lowest BCUT2D eigenvalue weighted by molar-refractivity contribution is -0.115. The zero-order valence-electron chi connectivity index (χ0n) is 12.9. The molecule has 1 aliphatic carbocycles. The summed E-state index contributed by atoms with van der Waals surface area (Å²) in [4.78, 5) is 16.2. The van der Waals surface area contributed by atoms with Crippen LogP contribution in [0.2, 0.25) is 0 Å². The van der Waals surface area contributed by atoms with E-state index in [4.69, 9.17) is 0 Å². The Hall–Kier alpha value is -2.43. The molecule has 0 radical (unpaired) electrons. The summed E-state index contributed by atoms with van der Waals surface area (Å²) in [5.41, 5.74) is 1.34. The van der Waals surface area contributed by atoms with Crippen molar-refractivity contribution in [3.05, 3.63) is 54.0 Å². The van der Waals surface area contributed by atoms with Gasteiger partial charge in [-0.25, -0.2) is 9.37 Å². The van der Waals surface area contributed by atoms with Crippen molar-refractivity contribution in [3.63, 3.8) is 0 Å². The van der Waals surface area contributed by atoms with Gasteiger partial charge in [0.25, 0.3) is 0 Å². The van der Waals surface area contributed by atoms with E-state index in [1.54, 1.807) is 30.5 Å². The Morgan fingerprint density at radius 1 is 1.17 bits per heavy atom. The summed E-state index contributed by atoms with van der Waals surface area (Å²) in [5, 5.41) is 6.14. The Morgan fingerprint density at radius 2 is 1.96 bits per heavy atom. The van der Waals surface area contributed by atoms with E-state index in [0.717, 1.165) is 5.69 Å². The van der Waals surface area contributed by atoms with Crippen LogP contribution in [0.5, 0.6) is 0 Å². The standard InChI is InChI=1S/C18H20FN3O/c19-16-8-4-1-5-13(16)11-18(23)22-17-10-9-15(12-20-17)21-14-6-2-3-7-14/h1,4-5,8-10,12,14,21H,2-3,6-7,11H2,(H,20,22,23). The number of aromatic nitrogens is 1. The number of carbonyl (C=O) groups excluding carboxylic acids is 1. The van der Waals surface area contributed by atoms with Crippen LogP contribution in [-0.2, 0) is 11.2 Å². The van der Waals surface area contributed by atoms with Crippen LogP contribution in [0, 0.1) is 5.82 Å². The zero-order chi connectivity index (χ0) is 16.1. The molecule has 0 bridgehead atoms. The molecule has 120 valence electrons. The Morgan fingerprint density at radius 3 is 2.65 bits per heavy atom. The molecule has 2 aromatic rings. The lowest BCUT2D eigenvalue weighted by atomic mass is 10.1. The van der Waals surface area contributed by atoms with Crippen LogP contribution in [0.3, 0.4) is 0 Å². The third-order valence-corrected chi connectivity index (χ3v) is 4.07. The Kier molecular flexibility index (Phi) is 4.86. The number of carbonyl (C=O) groups is 1. The first-order valence-electron chi connectivity index (χ1n) is 7.96. The minimum atomic E-state index is -0.369. The van der Waals surface area contributed by atoms with E-state index in [0.29, 0.717) is 17.4 Å². The van der Waals surface area contributed by atoms with E-state index in [1.165, 1.54) is 31.7 Å². The van der Waals surface area contributed by atoms with Crippen LogP contribution in [-0.4, -0.2) is 16.9 Å². The molecule has 1 aliphatic rings. The van der Waals surface area contributed by atoms with Crippen LogP contribution >= 0.6 is 0 Å². The Bertz CT molecular complexity index is 666. The van der Waals surface area contributed by atoms with Gasteiger partial charge in [0, 0.05) is 6.04 Å². The van der Waals surface area contributed by atoms with Gasteiger partial charge in [-0.15, -0.1) is 0 Å². The molecule has 4 nitrogen and oxygen atoms in total. The highest BCUT2D eigenvalue weighted by molar-refractivity contribution is 5.91. The van der Waals surface area contributed by atoms with Crippen molar-refractivity contribution in [2.24, 2.45) is 0 Å². The Labute approximate surface area is 135 Å². The van der Waals surface area contributed by atoms with Crippen LogP contribution in [0.1, 0.15) is 31.2 Å². The number of benzene rings is 1. The maximum Gasteiger partial charge on any atom is 0.230 e. The first kappa shape index (κ1) is 15.5. The first-order chi connectivity index (χ1) is 11.2. The molecule has 0 aliphatic heterocycles. The summed E-state index contributed by atoms with van der Waals surface area (Å²) in [6.45, 7) is 0. The third kappa shape index (κ3) is 4.28. The van der Waals surface area contributed by atoms with E-state index in [2.05, 4.69) is 15.6 Å². The van der Waals surface area contributed by atoms with Crippen LogP contribution in [0.15, 0.2) is 42.6 Å². The number of hydrogen-bond acceptors (Lipinski definition) is 3. The highest BCUT2D eigenvalue weighted by atomic mass is 19.1. The largest absolute Gasteiger partial charge is 0.381 e. The van der Waals surface area contributed by atoms with Gasteiger partial charge in [0.05, 0.1) is 18.3 Å². The highest BCUT2D eigenvalue weighted by Crippen LogP contribution is 2.22. The van der Waals surface area contributed by atoms with E-state index in [1.807, 2.05) is 6.07 Å². The summed E-state index contributed by atoms with van der Waals surface area (Å²) in [6.07, 6.45) is 6.65. The average Bonchev–Trinajstić information content (AvgIpc) is 3.04. The molecule has 5 heteroatoms. The molecule has 0 saturated heterocycles. The van der Waals surface area contributed by atoms with Gasteiger partial charge in [-0.1, -0.05) is 31.0 Å². The van der Waals surface area contributed by atoms with Crippen LogP contribution < -0.4 is 10.6 Å². The number of nitrogens with one attached hydrogen (secondary N) is 2. The van der Waals surface area contributed by atoms with E-state index < -0.39 is 0 Å². The number of halogens is 1. The Balaban J connectivity index is 1.55. The molecule has 1 fully saturated rings. The van der Waals surface area contributed by atoms with Crippen molar-refractivity contribution in [2.45, 2.75) is 38.1 Å². The van der Waals surface area contributed by atoms with Crippen molar-refractivity contribution in [1.29, 1.82) is 0 Å². The number of amides is 1. The minimum Gasteiger partial charge on any atom is -0.381 e.